The number of pyridine rings is 1. The van der Waals surface area contributed by atoms with Crippen molar-refractivity contribution in [3.8, 4) is 21.8 Å². The van der Waals surface area contributed by atoms with Crippen LogP contribution in [0.5, 0.6) is 0 Å². The second-order valence-corrected chi connectivity index (χ2v) is 7.38. The average molecular weight is 350 g/mol. The first-order chi connectivity index (χ1) is 12.3. The van der Waals surface area contributed by atoms with Crippen molar-refractivity contribution in [1.82, 2.24) is 14.9 Å². The molecule has 4 rings (SSSR count). The van der Waals surface area contributed by atoms with Gasteiger partial charge in [0, 0.05) is 25.8 Å². The molecule has 1 saturated heterocycles. The van der Waals surface area contributed by atoms with Crippen molar-refractivity contribution in [1.29, 1.82) is 0 Å². The third-order valence-electron chi connectivity index (χ3n) is 4.55. The molecular weight excluding hydrogens is 328 g/mol. The lowest BCUT2D eigenvalue weighted by Crippen LogP contribution is -2.28. The van der Waals surface area contributed by atoms with Crippen LogP contribution >= 0.6 is 11.3 Å². The maximum atomic E-state index is 5.01. The van der Waals surface area contributed by atoms with Gasteiger partial charge in [-0.05, 0) is 37.7 Å². The Kier molecular flexibility index (Phi) is 4.76. The van der Waals surface area contributed by atoms with Gasteiger partial charge in [-0.15, -0.1) is 0 Å². The van der Waals surface area contributed by atoms with Gasteiger partial charge in [-0.25, -0.2) is 4.98 Å². The summed E-state index contributed by atoms with van der Waals surface area (Å²) in [7, 11) is 2.19. The van der Waals surface area contributed by atoms with Gasteiger partial charge in [0.25, 0.3) is 0 Å². The zero-order valence-corrected chi connectivity index (χ0v) is 15.2. The van der Waals surface area contributed by atoms with E-state index in [0.717, 1.165) is 42.7 Å². The highest BCUT2D eigenvalue weighted by Gasteiger charge is 2.21. The van der Waals surface area contributed by atoms with Crippen molar-refractivity contribution in [3.63, 3.8) is 0 Å². The van der Waals surface area contributed by atoms with E-state index in [-0.39, 0.29) is 0 Å². The van der Waals surface area contributed by atoms with E-state index < -0.39 is 0 Å². The van der Waals surface area contributed by atoms with Gasteiger partial charge >= 0.3 is 0 Å². The summed E-state index contributed by atoms with van der Waals surface area (Å²) in [6, 6.07) is 16.5. The van der Waals surface area contributed by atoms with Crippen LogP contribution in [0.25, 0.3) is 21.8 Å². The summed E-state index contributed by atoms with van der Waals surface area (Å²) >= 11 is 1.78. The number of aromatic nitrogens is 2. The Hall–Kier alpha value is -2.24. The van der Waals surface area contributed by atoms with Gasteiger partial charge in [0.05, 0.1) is 10.6 Å². The number of anilines is 1. The third kappa shape index (κ3) is 3.57. The first-order valence-corrected chi connectivity index (χ1v) is 9.54. The normalized spacial score (nSPS) is 16.0. The Balaban J connectivity index is 1.76. The highest BCUT2D eigenvalue weighted by Crippen LogP contribution is 2.39. The van der Waals surface area contributed by atoms with Gasteiger partial charge in [0.2, 0.25) is 0 Å². The monoisotopic (exact) mass is 350 g/mol. The number of likely N-dealkylation sites (N-methyl/N-ethyl adjacent to an activating group) is 1. The van der Waals surface area contributed by atoms with Crippen molar-refractivity contribution >= 4 is 16.5 Å². The fourth-order valence-electron chi connectivity index (χ4n) is 3.14. The molecule has 3 aromatic rings. The van der Waals surface area contributed by atoms with Crippen LogP contribution in [-0.4, -0.2) is 48.1 Å². The van der Waals surface area contributed by atoms with Gasteiger partial charge in [-0.1, -0.05) is 47.7 Å². The SMILES string of the molecule is CN1CCCN(c2nc(-c3ccccn3)c(-c3ccccc3)s2)CC1. The number of benzene rings is 1. The maximum Gasteiger partial charge on any atom is 0.186 e. The fraction of sp³-hybridized carbons (Fsp3) is 0.300. The van der Waals surface area contributed by atoms with Crippen LogP contribution in [0.3, 0.4) is 0 Å². The molecule has 5 heteroatoms. The molecule has 25 heavy (non-hydrogen) atoms. The Morgan fingerprint density at radius 3 is 2.56 bits per heavy atom. The highest BCUT2D eigenvalue weighted by atomic mass is 32.1. The van der Waals surface area contributed by atoms with E-state index in [2.05, 4.69) is 52.2 Å². The Morgan fingerprint density at radius 1 is 0.920 bits per heavy atom. The average Bonchev–Trinajstić information content (AvgIpc) is 3.00. The van der Waals surface area contributed by atoms with E-state index in [1.54, 1.807) is 11.3 Å². The van der Waals surface area contributed by atoms with Gasteiger partial charge in [0.15, 0.2) is 5.13 Å². The number of nitrogens with zero attached hydrogens (tertiary/aromatic N) is 4. The Morgan fingerprint density at radius 2 is 1.76 bits per heavy atom. The maximum absolute atomic E-state index is 5.01. The summed E-state index contributed by atoms with van der Waals surface area (Å²) in [6.07, 6.45) is 3.01. The van der Waals surface area contributed by atoms with Crippen LogP contribution in [0, 0.1) is 0 Å². The lowest BCUT2D eigenvalue weighted by molar-refractivity contribution is 0.360. The first-order valence-electron chi connectivity index (χ1n) is 8.72. The summed E-state index contributed by atoms with van der Waals surface area (Å²) in [6.45, 7) is 4.33. The molecule has 3 heterocycles. The first kappa shape index (κ1) is 16.2. The number of hydrogen-bond donors (Lipinski definition) is 0. The zero-order valence-electron chi connectivity index (χ0n) is 14.4. The molecule has 1 aromatic carbocycles. The molecule has 0 atom stereocenters. The molecule has 0 amide bonds. The van der Waals surface area contributed by atoms with Gasteiger partial charge in [-0.3, -0.25) is 4.98 Å². The van der Waals surface area contributed by atoms with Gasteiger partial charge in [0.1, 0.15) is 5.69 Å². The van der Waals surface area contributed by atoms with E-state index in [4.69, 9.17) is 4.98 Å². The van der Waals surface area contributed by atoms with Crippen molar-refractivity contribution in [2.24, 2.45) is 0 Å². The predicted molar refractivity (Wildman–Crippen MR) is 105 cm³/mol. The van der Waals surface area contributed by atoms with Gasteiger partial charge in [-0.2, -0.15) is 0 Å². The molecule has 0 saturated carbocycles. The Bertz CT molecular complexity index is 759. The zero-order chi connectivity index (χ0) is 17.1. The van der Waals surface area contributed by atoms with Crippen molar-refractivity contribution in [3.05, 3.63) is 54.7 Å². The van der Waals surface area contributed by atoms with E-state index >= 15 is 0 Å². The molecule has 0 radical (unpaired) electrons. The number of rotatable bonds is 3. The van der Waals surface area contributed by atoms with Crippen LogP contribution in [0.4, 0.5) is 5.13 Å². The van der Waals surface area contributed by atoms with Crippen molar-refractivity contribution < 1.29 is 0 Å². The largest absolute Gasteiger partial charge is 0.347 e. The van der Waals surface area contributed by atoms with Crippen LogP contribution in [0.15, 0.2) is 54.7 Å². The van der Waals surface area contributed by atoms with Crippen LogP contribution in [0.2, 0.25) is 0 Å². The summed E-state index contributed by atoms with van der Waals surface area (Å²) < 4.78 is 0. The smallest absolute Gasteiger partial charge is 0.186 e. The molecule has 2 aromatic heterocycles. The van der Waals surface area contributed by atoms with Crippen molar-refractivity contribution in [2.75, 3.05) is 38.1 Å². The lowest BCUT2D eigenvalue weighted by Gasteiger charge is -2.19. The molecule has 1 aliphatic heterocycles. The van der Waals surface area contributed by atoms with Gasteiger partial charge < -0.3 is 9.80 Å². The number of thiazole rings is 1. The fourth-order valence-corrected chi connectivity index (χ4v) is 4.28. The van der Waals surface area contributed by atoms with E-state index in [1.807, 2.05) is 24.4 Å². The minimum Gasteiger partial charge on any atom is -0.347 e. The van der Waals surface area contributed by atoms with E-state index in [1.165, 1.54) is 16.9 Å². The summed E-state index contributed by atoms with van der Waals surface area (Å²) in [5.41, 5.74) is 3.14. The Labute approximate surface area is 152 Å². The van der Waals surface area contributed by atoms with Crippen LogP contribution < -0.4 is 4.90 Å². The lowest BCUT2D eigenvalue weighted by atomic mass is 10.1. The highest BCUT2D eigenvalue weighted by molar-refractivity contribution is 7.19. The second-order valence-electron chi connectivity index (χ2n) is 6.40. The topological polar surface area (TPSA) is 32.3 Å². The van der Waals surface area contributed by atoms with Crippen molar-refractivity contribution in [2.45, 2.75) is 6.42 Å². The molecular formula is C20H22N4S. The molecule has 128 valence electrons. The third-order valence-corrected chi connectivity index (χ3v) is 5.71. The molecule has 0 spiro atoms. The molecule has 1 fully saturated rings. The van der Waals surface area contributed by atoms with Crippen LogP contribution in [-0.2, 0) is 0 Å². The summed E-state index contributed by atoms with van der Waals surface area (Å²) in [4.78, 5) is 15.6. The van der Waals surface area contributed by atoms with E-state index in [9.17, 15) is 0 Å². The molecule has 0 aliphatic carbocycles. The van der Waals surface area contributed by atoms with E-state index in [0.29, 0.717) is 0 Å². The number of hydrogen-bond acceptors (Lipinski definition) is 5. The summed E-state index contributed by atoms with van der Waals surface area (Å²) in [5, 5.41) is 1.11. The molecule has 4 nitrogen and oxygen atoms in total. The minimum absolute atomic E-state index is 0.941. The molecule has 0 unspecified atom stereocenters. The summed E-state index contributed by atoms with van der Waals surface area (Å²) in [5.74, 6) is 0. The van der Waals surface area contributed by atoms with Crippen LogP contribution in [0.1, 0.15) is 6.42 Å². The minimum atomic E-state index is 0.941. The quantitative estimate of drug-likeness (QED) is 0.714. The molecule has 0 N–H and O–H groups in total. The second kappa shape index (κ2) is 7.33. The molecule has 0 bridgehead atoms. The predicted octanol–water partition coefficient (Wildman–Crippen LogP) is 4.01. The standard InChI is InChI=1S/C20H22N4S/c1-23-12-7-13-24(15-14-23)20-22-18(17-10-5-6-11-21-17)19(25-20)16-8-3-2-4-9-16/h2-6,8-11H,7,12-15H2,1H3. The molecule has 1 aliphatic rings.